The van der Waals surface area contributed by atoms with Gasteiger partial charge in [-0.15, -0.1) is 0 Å². The van der Waals surface area contributed by atoms with E-state index in [1.54, 1.807) is 14.2 Å². The molecular formula is C20H26N4O3S2. The minimum Gasteiger partial charge on any atom is -0.494 e. The molecule has 29 heavy (non-hydrogen) atoms. The van der Waals surface area contributed by atoms with E-state index in [0.29, 0.717) is 34.9 Å². The monoisotopic (exact) mass is 434 g/mol. The van der Waals surface area contributed by atoms with Gasteiger partial charge in [-0.1, -0.05) is 6.07 Å². The highest BCUT2D eigenvalue weighted by atomic mass is 32.1. The maximum absolute atomic E-state index is 5.41. The molecule has 0 aliphatic carbocycles. The quantitative estimate of drug-likeness (QED) is 0.370. The van der Waals surface area contributed by atoms with Crippen molar-refractivity contribution in [3.8, 4) is 17.2 Å². The van der Waals surface area contributed by atoms with Crippen molar-refractivity contribution in [3.63, 3.8) is 0 Å². The molecule has 0 heterocycles. The molecule has 0 amide bonds. The van der Waals surface area contributed by atoms with Gasteiger partial charge in [0.1, 0.15) is 5.75 Å². The first kappa shape index (κ1) is 22.5. The van der Waals surface area contributed by atoms with E-state index in [1.807, 2.05) is 49.4 Å². The second-order valence-electron chi connectivity index (χ2n) is 5.86. The van der Waals surface area contributed by atoms with E-state index in [0.717, 1.165) is 23.4 Å². The maximum Gasteiger partial charge on any atom is 0.189 e. The van der Waals surface area contributed by atoms with Gasteiger partial charge < -0.3 is 24.8 Å². The van der Waals surface area contributed by atoms with Crippen LogP contribution in [-0.4, -0.2) is 37.6 Å². The smallest absolute Gasteiger partial charge is 0.189 e. The highest BCUT2D eigenvalue weighted by Crippen LogP contribution is 2.27. The SMILES string of the molecule is CCOc1ccc(NC(=S)NNC(=S)NCCc2ccc(OC)c(OC)c2)cc1. The van der Waals surface area contributed by atoms with Crippen molar-refractivity contribution in [3.05, 3.63) is 48.0 Å². The normalized spacial score (nSPS) is 9.90. The van der Waals surface area contributed by atoms with Crippen LogP contribution in [0.15, 0.2) is 42.5 Å². The molecule has 156 valence electrons. The molecule has 9 heteroatoms. The summed E-state index contributed by atoms with van der Waals surface area (Å²) in [6, 6.07) is 13.4. The Kier molecular flexibility index (Phi) is 9.26. The van der Waals surface area contributed by atoms with Crippen LogP contribution in [0.4, 0.5) is 5.69 Å². The van der Waals surface area contributed by atoms with E-state index in [-0.39, 0.29) is 0 Å². The molecule has 0 aliphatic rings. The van der Waals surface area contributed by atoms with Crippen molar-refractivity contribution in [2.75, 3.05) is 32.7 Å². The highest BCUT2D eigenvalue weighted by molar-refractivity contribution is 7.80. The lowest BCUT2D eigenvalue weighted by atomic mass is 10.1. The van der Waals surface area contributed by atoms with E-state index in [2.05, 4.69) is 21.5 Å². The van der Waals surface area contributed by atoms with Crippen molar-refractivity contribution in [2.45, 2.75) is 13.3 Å². The highest BCUT2D eigenvalue weighted by Gasteiger charge is 2.05. The number of ether oxygens (including phenoxy) is 3. The van der Waals surface area contributed by atoms with Crippen LogP contribution in [0.2, 0.25) is 0 Å². The summed E-state index contributed by atoms with van der Waals surface area (Å²) in [4.78, 5) is 0. The molecule has 0 fully saturated rings. The summed E-state index contributed by atoms with van der Waals surface area (Å²) in [5, 5.41) is 7.03. The largest absolute Gasteiger partial charge is 0.494 e. The topological polar surface area (TPSA) is 75.8 Å². The van der Waals surface area contributed by atoms with Crippen molar-refractivity contribution in [1.82, 2.24) is 16.2 Å². The lowest BCUT2D eigenvalue weighted by Crippen LogP contribution is -2.48. The third-order valence-corrected chi connectivity index (χ3v) is 4.31. The molecule has 7 nitrogen and oxygen atoms in total. The second-order valence-corrected chi connectivity index (χ2v) is 6.67. The van der Waals surface area contributed by atoms with E-state index >= 15 is 0 Å². The van der Waals surface area contributed by atoms with Crippen LogP contribution in [-0.2, 0) is 6.42 Å². The third kappa shape index (κ3) is 7.63. The number of anilines is 1. The molecule has 0 radical (unpaired) electrons. The van der Waals surface area contributed by atoms with Crippen LogP contribution in [0.3, 0.4) is 0 Å². The summed E-state index contributed by atoms with van der Waals surface area (Å²) in [6.07, 6.45) is 0.775. The number of benzene rings is 2. The Morgan fingerprint density at radius 3 is 2.24 bits per heavy atom. The van der Waals surface area contributed by atoms with E-state index in [1.165, 1.54) is 0 Å². The summed E-state index contributed by atoms with van der Waals surface area (Å²) in [5.41, 5.74) is 7.67. The number of hydrazine groups is 1. The molecule has 0 saturated heterocycles. The second kappa shape index (κ2) is 11.9. The van der Waals surface area contributed by atoms with Crippen molar-refractivity contribution < 1.29 is 14.2 Å². The number of nitrogens with one attached hydrogen (secondary N) is 4. The van der Waals surface area contributed by atoms with Gasteiger partial charge in [-0.2, -0.15) is 0 Å². The molecule has 0 saturated carbocycles. The zero-order valence-electron chi connectivity index (χ0n) is 16.7. The molecule has 0 spiro atoms. The van der Waals surface area contributed by atoms with Crippen LogP contribution < -0.4 is 35.7 Å². The van der Waals surface area contributed by atoms with Crippen LogP contribution in [0.5, 0.6) is 17.2 Å². The Morgan fingerprint density at radius 2 is 1.59 bits per heavy atom. The zero-order valence-corrected chi connectivity index (χ0v) is 18.3. The zero-order chi connectivity index (χ0) is 21.1. The minimum absolute atomic E-state index is 0.401. The molecule has 0 unspecified atom stereocenters. The summed E-state index contributed by atoms with van der Waals surface area (Å²) in [7, 11) is 3.24. The van der Waals surface area contributed by atoms with Crippen LogP contribution in [0.1, 0.15) is 12.5 Å². The van der Waals surface area contributed by atoms with Crippen molar-refractivity contribution >= 4 is 40.3 Å². The first-order valence-corrected chi connectivity index (χ1v) is 9.92. The van der Waals surface area contributed by atoms with Crippen molar-refractivity contribution in [1.29, 1.82) is 0 Å². The van der Waals surface area contributed by atoms with Gasteiger partial charge in [0, 0.05) is 12.2 Å². The Morgan fingerprint density at radius 1 is 0.897 bits per heavy atom. The number of thiocarbonyl (C=S) groups is 2. The predicted octanol–water partition coefficient (Wildman–Crippen LogP) is 3.01. The summed E-state index contributed by atoms with van der Waals surface area (Å²) >= 11 is 10.5. The number of hydrogen-bond donors (Lipinski definition) is 4. The standard InChI is InChI=1S/C20H26N4O3S2/c1-4-27-16-8-6-15(7-9-16)22-20(29)24-23-19(28)21-12-11-14-5-10-17(25-2)18(13-14)26-3/h5-10,13H,4,11-12H2,1-3H3,(H2,21,23,28)(H2,22,24,29). The maximum atomic E-state index is 5.41. The summed E-state index contributed by atoms with van der Waals surface area (Å²) < 4.78 is 16.0. The fourth-order valence-corrected chi connectivity index (χ4v) is 2.80. The molecule has 4 N–H and O–H groups in total. The molecule has 0 aliphatic heterocycles. The average molecular weight is 435 g/mol. The fourth-order valence-electron chi connectivity index (χ4n) is 2.48. The van der Waals surface area contributed by atoms with Crippen LogP contribution in [0.25, 0.3) is 0 Å². The number of hydrogen-bond acceptors (Lipinski definition) is 5. The van der Waals surface area contributed by atoms with Crippen LogP contribution >= 0.6 is 24.4 Å². The first-order chi connectivity index (χ1) is 14.0. The van der Waals surface area contributed by atoms with Gasteiger partial charge in [0.05, 0.1) is 20.8 Å². The summed E-state index contributed by atoms with van der Waals surface area (Å²) in [6.45, 7) is 3.23. The van der Waals surface area contributed by atoms with Crippen LogP contribution in [0, 0.1) is 0 Å². The average Bonchev–Trinajstić information content (AvgIpc) is 2.73. The third-order valence-electron chi connectivity index (χ3n) is 3.86. The predicted molar refractivity (Wildman–Crippen MR) is 124 cm³/mol. The fraction of sp³-hybridized carbons (Fsp3) is 0.300. The first-order valence-electron chi connectivity index (χ1n) is 9.10. The molecule has 2 aromatic rings. The Labute approximate surface area is 182 Å². The minimum atomic E-state index is 0.401. The molecule has 0 bridgehead atoms. The lowest BCUT2D eigenvalue weighted by molar-refractivity contribution is 0.340. The van der Waals surface area contributed by atoms with Gasteiger partial charge in [-0.05, 0) is 79.7 Å². The Balaban J connectivity index is 1.69. The molecule has 2 rings (SSSR count). The molecular weight excluding hydrogens is 408 g/mol. The van der Waals surface area contributed by atoms with E-state index < -0.39 is 0 Å². The number of methoxy groups -OCH3 is 2. The van der Waals surface area contributed by atoms with Gasteiger partial charge in [0.15, 0.2) is 21.7 Å². The van der Waals surface area contributed by atoms with E-state index in [4.69, 9.17) is 38.6 Å². The van der Waals surface area contributed by atoms with E-state index in [9.17, 15) is 0 Å². The van der Waals surface area contributed by atoms with Gasteiger partial charge in [-0.25, -0.2) is 0 Å². The lowest BCUT2D eigenvalue weighted by Gasteiger charge is -2.15. The molecule has 0 aromatic heterocycles. The van der Waals surface area contributed by atoms with Gasteiger partial charge in [0.25, 0.3) is 0 Å². The summed E-state index contributed by atoms with van der Waals surface area (Å²) in [5.74, 6) is 2.23. The Bertz CT molecular complexity index is 816. The van der Waals surface area contributed by atoms with Gasteiger partial charge >= 0.3 is 0 Å². The molecule has 2 aromatic carbocycles. The molecule has 0 atom stereocenters. The van der Waals surface area contributed by atoms with Crippen molar-refractivity contribution in [2.24, 2.45) is 0 Å². The number of rotatable bonds is 8. The Hall–Kier alpha value is -2.78. The van der Waals surface area contributed by atoms with Gasteiger partial charge in [-0.3, -0.25) is 10.9 Å². The van der Waals surface area contributed by atoms with Gasteiger partial charge in [0.2, 0.25) is 0 Å².